The van der Waals surface area contributed by atoms with Gasteiger partial charge in [0.2, 0.25) is 0 Å². The number of carboxylic acids is 1. The molecule has 0 saturated carbocycles. The zero-order valence-corrected chi connectivity index (χ0v) is 12.2. The van der Waals surface area contributed by atoms with Crippen molar-refractivity contribution in [3.63, 3.8) is 0 Å². The molecule has 0 amide bonds. The van der Waals surface area contributed by atoms with Crippen LogP contribution in [-0.4, -0.2) is 41.8 Å². The van der Waals surface area contributed by atoms with Crippen LogP contribution in [0.4, 0.5) is 0 Å². The number of benzene rings is 1. The maximum Gasteiger partial charge on any atom is 0.310 e. The number of carboxylic acid groups (broad SMARTS) is 1. The lowest BCUT2D eigenvalue weighted by Crippen LogP contribution is -2.44. The molecule has 1 aromatic carbocycles. The predicted molar refractivity (Wildman–Crippen MR) is 77.6 cm³/mol. The monoisotopic (exact) mass is 277 g/mol. The summed E-state index contributed by atoms with van der Waals surface area (Å²) in [6.45, 7) is 5.88. The lowest BCUT2D eigenvalue weighted by atomic mass is 9.96. The van der Waals surface area contributed by atoms with Crippen molar-refractivity contribution in [2.45, 2.75) is 32.4 Å². The van der Waals surface area contributed by atoms with Crippen molar-refractivity contribution < 1.29 is 14.6 Å². The Hall–Kier alpha value is -1.39. The average molecular weight is 277 g/mol. The third-order valence-electron chi connectivity index (χ3n) is 4.13. The van der Waals surface area contributed by atoms with E-state index in [9.17, 15) is 9.90 Å². The van der Waals surface area contributed by atoms with Crippen LogP contribution in [0.2, 0.25) is 0 Å². The molecule has 3 atom stereocenters. The Morgan fingerprint density at radius 2 is 2.05 bits per heavy atom. The molecule has 1 aliphatic rings. The topological polar surface area (TPSA) is 49.8 Å². The largest absolute Gasteiger partial charge is 0.481 e. The fourth-order valence-electron chi connectivity index (χ4n) is 3.13. The summed E-state index contributed by atoms with van der Waals surface area (Å²) in [6, 6.07) is 10.5. The minimum Gasteiger partial charge on any atom is -0.481 e. The van der Waals surface area contributed by atoms with Gasteiger partial charge in [-0.25, -0.2) is 0 Å². The first kappa shape index (κ1) is 15.0. The molecule has 1 aliphatic heterocycles. The van der Waals surface area contributed by atoms with E-state index in [1.807, 2.05) is 18.2 Å². The van der Waals surface area contributed by atoms with Crippen LogP contribution in [0.3, 0.4) is 0 Å². The van der Waals surface area contributed by atoms with E-state index in [2.05, 4.69) is 30.9 Å². The van der Waals surface area contributed by atoms with Crippen molar-refractivity contribution in [2.75, 3.05) is 19.8 Å². The van der Waals surface area contributed by atoms with Gasteiger partial charge in [0.15, 0.2) is 0 Å². The summed E-state index contributed by atoms with van der Waals surface area (Å²) in [6.07, 6.45) is 0.959. The molecule has 2 rings (SSSR count). The molecule has 1 N–H and O–H groups in total. The fraction of sp³-hybridized carbons (Fsp3) is 0.562. The van der Waals surface area contributed by atoms with Crippen molar-refractivity contribution in [3.8, 4) is 0 Å². The van der Waals surface area contributed by atoms with Gasteiger partial charge in [0, 0.05) is 12.1 Å². The molecule has 4 nitrogen and oxygen atoms in total. The second kappa shape index (κ2) is 6.86. The van der Waals surface area contributed by atoms with Gasteiger partial charge >= 0.3 is 5.97 Å². The SMILES string of the molecule is CCC(c1ccccc1)N(CC)C1COCC1C(=O)O. The van der Waals surface area contributed by atoms with Crippen molar-refractivity contribution in [3.05, 3.63) is 35.9 Å². The van der Waals surface area contributed by atoms with Crippen LogP contribution in [0.15, 0.2) is 30.3 Å². The molecule has 0 aliphatic carbocycles. The third kappa shape index (κ3) is 3.02. The molecule has 4 heteroatoms. The summed E-state index contributed by atoms with van der Waals surface area (Å²) in [4.78, 5) is 13.7. The second-order valence-corrected chi connectivity index (χ2v) is 5.21. The van der Waals surface area contributed by atoms with E-state index in [0.717, 1.165) is 13.0 Å². The van der Waals surface area contributed by atoms with Crippen LogP contribution >= 0.6 is 0 Å². The lowest BCUT2D eigenvalue weighted by molar-refractivity contribution is -0.143. The van der Waals surface area contributed by atoms with E-state index in [1.54, 1.807) is 0 Å². The van der Waals surface area contributed by atoms with E-state index in [0.29, 0.717) is 13.2 Å². The third-order valence-corrected chi connectivity index (χ3v) is 4.13. The molecule has 110 valence electrons. The van der Waals surface area contributed by atoms with Gasteiger partial charge in [-0.1, -0.05) is 44.2 Å². The molecule has 3 unspecified atom stereocenters. The molecule has 0 spiro atoms. The molecular formula is C16H23NO3. The van der Waals surface area contributed by atoms with Crippen molar-refractivity contribution in [1.82, 2.24) is 4.90 Å². The van der Waals surface area contributed by atoms with Crippen molar-refractivity contribution in [2.24, 2.45) is 5.92 Å². The molecule has 0 aromatic heterocycles. The number of hydrogen-bond acceptors (Lipinski definition) is 3. The molecule has 1 saturated heterocycles. The number of carbonyl (C=O) groups is 1. The Morgan fingerprint density at radius 1 is 1.35 bits per heavy atom. The van der Waals surface area contributed by atoms with Crippen LogP contribution in [0, 0.1) is 5.92 Å². The zero-order chi connectivity index (χ0) is 14.5. The fourth-order valence-corrected chi connectivity index (χ4v) is 3.13. The number of hydrogen-bond donors (Lipinski definition) is 1. The molecular weight excluding hydrogens is 254 g/mol. The minimum absolute atomic E-state index is 0.0392. The quantitative estimate of drug-likeness (QED) is 0.868. The van der Waals surface area contributed by atoms with E-state index in [-0.39, 0.29) is 12.1 Å². The van der Waals surface area contributed by atoms with Gasteiger partial charge in [0.1, 0.15) is 0 Å². The highest BCUT2D eigenvalue weighted by atomic mass is 16.5. The Morgan fingerprint density at radius 3 is 2.60 bits per heavy atom. The van der Waals surface area contributed by atoms with Crippen LogP contribution in [0.5, 0.6) is 0 Å². The molecule has 1 fully saturated rings. The van der Waals surface area contributed by atoms with Gasteiger partial charge in [0.25, 0.3) is 0 Å². The first-order chi connectivity index (χ1) is 9.69. The van der Waals surface area contributed by atoms with E-state index in [1.165, 1.54) is 5.56 Å². The van der Waals surface area contributed by atoms with Crippen molar-refractivity contribution in [1.29, 1.82) is 0 Å². The van der Waals surface area contributed by atoms with Gasteiger partial charge in [-0.15, -0.1) is 0 Å². The predicted octanol–water partition coefficient (Wildman–Crippen LogP) is 2.56. The molecule has 1 heterocycles. The molecule has 20 heavy (non-hydrogen) atoms. The van der Waals surface area contributed by atoms with Gasteiger partial charge in [-0.3, -0.25) is 9.69 Å². The number of likely N-dealkylation sites (N-methyl/N-ethyl adjacent to an activating group) is 1. The Kier molecular flexibility index (Phi) is 5.15. The standard InChI is InChI=1S/C16H23NO3/c1-3-14(12-8-6-5-7-9-12)17(4-2)15-11-20-10-13(15)16(18)19/h5-9,13-15H,3-4,10-11H2,1-2H3,(H,18,19). The minimum atomic E-state index is -0.756. The van der Waals surface area contributed by atoms with Gasteiger partial charge < -0.3 is 9.84 Å². The van der Waals surface area contributed by atoms with Crippen LogP contribution in [0.1, 0.15) is 31.9 Å². The van der Waals surface area contributed by atoms with Gasteiger partial charge in [-0.05, 0) is 18.5 Å². The molecule has 1 aromatic rings. The molecule has 0 radical (unpaired) electrons. The average Bonchev–Trinajstić information content (AvgIpc) is 2.94. The van der Waals surface area contributed by atoms with E-state index >= 15 is 0 Å². The highest BCUT2D eigenvalue weighted by molar-refractivity contribution is 5.71. The lowest BCUT2D eigenvalue weighted by Gasteiger charge is -2.36. The van der Waals surface area contributed by atoms with Gasteiger partial charge in [0.05, 0.1) is 19.1 Å². The summed E-state index contributed by atoms with van der Waals surface area (Å²) in [5, 5.41) is 9.35. The smallest absolute Gasteiger partial charge is 0.310 e. The number of nitrogens with zero attached hydrogens (tertiary/aromatic N) is 1. The summed E-state index contributed by atoms with van der Waals surface area (Å²) in [5.74, 6) is -1.18. The van der Waals surface area contributed by atoms with Crippen LogP contribution in [-0.2, 0) is 9.53 Å². The Labute approximate surface area is 120 Å². The maximum atomic E-state index is 11.4. The highest BCUT2D eigenvalue weighted by Crippen LogP contribution is 2.31. The van der Waals surface area contributed by atoms with Gasteiger partial charge in [-0.2, -0.15) is 0 Å². The van der Waals surface area contributed by atoms with E-state index < -0.39 is 11.9 Å². The van der Waals surface area contributed by atoms with Crippen LogP contribution in [0.25, 0.3) is 0 Å². The summed E-state index contributed by atoms with van der Waals surface area (Å²) >= 11 is 0. The maximum absolute atomic E-state index is 11.4. The molecule has 0 bridgehead atoms. The number of rotatable bonds is 6. The second-order valence-electron chi connectivity index (χ2n) is 5.21. The Bertz CT molecular complexity index is 435. The van der Waals surface area contributed by atoms with E-state index in [4.69, 9.17) is 4.74 Å². The summed E-state index contributed by atoms with van der Waals surface area (Å²) < 4.78 is 5.42. The number of aliphatic carboxylic acids is 1. The zero-order valence-electron chi connectivity index (χ0n) is 12.2. The first-order valence-corrected chi connectivity index (χ1v) is 7.30. The highest BCUT2D eigenvalue weighted by Gasteiger charge is 2.39. The van der Waals surface area contributed by atoms with Crippen molar-refractivity contribution >= 4 is 5.97 Å². The first-order valence-electron chi connectivity index (χ1n) is 7.30. The Balaban J connectivity index is 2.23. The number of ether oxygens (including phenoxy) is 1. The summed E-state index contributed by atoms with van der Waals surface area (Å²) in [7, 11) is 0. The van der Waals surface area contributed by atoms with Crippen LogP contribution < -0.4 is 0 Å². The normalized spacial score (nSPS) is 23.9. The summed E-state index contributed by atoms with van der Waals surface area (Å²) in [5.41, 5.74) is 1.24.